The van der Waals surface area contributed by atoms with Crippen molar-refractivity contribution < 1.29 is 4.52 Å². The normalized spacial score (nSPS) is 11.4. The highest BCUT2D eigenvalue weighted by molar-refractivity contribution is 5.79. The van der Waals surface area contributed by atoms with Gasteiger partial charge in [-0.3, -0.25) is 4.99 Å². The molecule has 0 fully saturated rings. The van der Waals surface area contributed by atoms with Crippen molar-refractivity contribution in [2.75, 3.05) is 13.6 Å². The second-order valence-electron chi connectivity index (χ2n) is 3.86. The SMILES string of the molecule is C#CCNC(=NC)NCc1cc(C(C)C)no1. The van der Waals surface area contributed by atoms with Crippen molar-refractivity contribution in [2.45, 2.75) is 26.3 Å². The van der Waals surface area contributed by atoms with Crippen LogP contribution < -0.4 is 10.6 Å². The van der Waals surface area contributed by atoms with E-state index in [1.54, 1.807) is 7.05 Å². The Balaban J connectivity index is 2.46. The zero-order chi connectivity index (χ0) is 12.7. The Bertz CT molecular complexity index is 414. The molecule has 0 atom stereocenters. The molecule has 0 radical (unpaired) electrons. The summed E-state index contributed by atoms with van der Waals surface area (Å²) < 4.78 is 5.19. The van der Waals surface area contributed by atoms with E-state index >= 15 is 0 Å². The molecule has 17 heavy (non-hydrogen) atoms. The summed E-state index contributed by atoms with van der Waals surface area (Å²) in [4.78, 5) is 4.02. The Morgan fingerprint density at radius 1 is 1.59 bits per heavy atom. The summed E-state index contributed by atoms with van der Waals surface area (Å²) in [5.74, 6) is 4.27. The smallest absolute Gasteiger partial charge is 0.192 e. The summed E-state index contributed by atoms with van der Waals surface area (Å²) in [6.07, 6.45) is 5.15. The van der Waals surface area contributed by atoms with Gasteiger partial charge in [-0.2, -0.15) is 0 Å². The second kappa shape index (κ2) is 6.59. The van der Waals surface area contributed by atoms with Crippen LogP contribution in [0.3, 0.4) is 0 Å². The van der Waals surface area contributed by atoms with Crippen molar-refractivity contribution in [1.29, 1.82) is 0 Å². The Kier molecular flexibility index (Phi) is 5.08. The van der Waals surface area contributed by atoms with E-state index in [1.807, 2.05) is 6.07 Å². The van der Waals surface area contributed by atoms with Gasteiger partial charge >= 0.3 is 0 Å². The molecular formula is C12H18N4O. The lowest BCUT2D eigenvalue weighted by Gasteiger charge is -2.07. The predicted molar refractivity (Wildman–Crippen MR) is 67.6 cm³/mol. The molecule has 0 aliphatic heterocycles. The maximum atomic E-state index is 5.19. The maximum absolute atomic E-state index is 5.19. The third-order valence-corrected chi connectivity index (χ3v) is 2.18. The second-order valence-corrected chi connectivity index (χ2v) is 3.86. The highest BCUT2D eigenvalue weighted by Gasteiger charge is 2.07. The summed E-state index contributed by atoms with van der Waals surface area (Å²) >= 11 is 0. The molecule has 1 heterocycles. The molecule has 1 rings (SSSR count). The van der Waals surface area contributed by atoms with Crippen molar-refractivity contribution in [3.63, 3.8) is 0 Å². The topological polar surface area (TPSA) is 62.5 Å². The van der Waals surface area contributed by atoms with E-state index in [4.69, 9.17) is 10.9 Å². The average Bonchev–Trinajstić information content (AvgIpc) is 2.78. The molecule has 0 spiro atoms. The van der Waals surface area contributed by atoms with E-state index in [0.29, 0.717) is 25.0 Å². The van der Waals surface area contributed by atoms with Gasteiger partial charge in [-0.25, -0.2) is 0 Å². The standard InChI is InChI=1S/C12H18N4O/c1-5-6-14-12(13-4)15-8-10-7-11(9(2)3)16-17-10/h1,7,9H,6,8H2,2-4H3,(H2,13,14,15). The van der Waals surface area contributed by atoms with Crippen LogP contribution in [-0.4, -0.2) is 24.7 Å². The fraction of sp³-hybridized carbons (Fsp3) is 0.500. The van der Waals surface area contributed by atoms with Crippen LogP contribution in [0.5, 0.6) is 0 Å². The fourth-order valence-electron chi connectivity index (χ4n) is 1.21. The third-order valence-electron chi connectivity index (χ3n) is 2.18. The molecule has 5 heteroatoms. The number of aromatic nitrogens is 1. The largest absolute Gasteiger partial charge is 0.359 e. The van der Waals surface area contributed by atoms with Crippen LogP contribution in [-0.2, 0) is 6.54 Å². The summed E-state index contributed by atoms with van der Waals surface area (Å²) in [6, 6.07) is 1.94. The van der Waals surface area contributed by atoms with E-state index in [-0.39, 0.29) is 0 Å². The van der Waals surface area contributed by atoms with Crippen LogP contribution in [0.2, 0.25) is 0 Å². The molecular weight excluding hydrogens is 216 g/mol. The van der Waals surface area contributed by atoms with Gasteiger partial charge in [0.15, 0.2) is 11.7 Å². The first-order valence-corrected chi connectivity index (χ1v) is 5.50. The number of nitrogens with one attached hydrogen (secondary N) is 2. The molecule has 1 aromatic heterocycles. The van der Waals surface area contributed by atoms with Crippen LogP contribution in [0.4, 0.5) is 0 Å². The number of rotatable bonds is 4. The van der Waals surface area contributed by atoms with Crippen LogP contribution in [0, 0.1) is 12.3 Å². The van der Waals surface area contributed by atoms with Crippen LogP contribution >= 0.6 is 0 Å². The summed E-state index contributed by atoms with van der Waals surface area (Å²) in [6.45, 7) is 5.11. The molecule has 1 aromatic rings. The lowest BCUT2D eigenvalue weighted by Crippen LogP contribution is -2.36. The van der Waals surface area contributed by atoms with E-state index in [2.05, 4.69) is 40.6 Å². The Morgan fingerprint density at radius 2 is 2.35 bits per heavy atom. The first kappa shape index (κ1) is 13.1. The molecule has 0 saturated heterocycles. The molecule has 92 valence electrons. The summed E-state index contributed by atoms with van der Waals surface area (Å²) in [5.41, 5.74) is 0.952. The zero-order valence-corrected chi connectivity index (χ0v) is 10.4. The lowest BCUT2D eigenvalue weighted by atomic mass is 10.1. The van der Waals surface area contributed by atoms with Crippen molar-refractivity contribution in [3.05, 3.63) is 17.5 Å². The summed E-state index contributed by atoms with van der Waals surface area (Å²) in [7, 11) is 1.69. The van der Waals surface area contributed by atoms with E-state index in [9.17, 15) is 0 Å². The van der Waals surface area contributed by atoms with E-state index < -0.39 is 0 Å². The molecule has 5 nitrogen and oxygen atoms in total. The van der Waals surface area contributed by atoms with Crippen molar-refractivity contribution in [2.24, 2.45) is 4.99 Å². The number of aliphatic imine (C=N–C) groups is 1. The molecule has 0 saturated carbocycles. The quantitative estimate of drug-likeness (QED) is 0.465. The minimum atomic E-state index is 0.367. The van der Waals surface area contributed by atoms with Gasteiger partial charge in [0, 0.05) is 13.1 Å². The fourth-order valence-corrected chi connectivity index (χ4v) is 1.21. The molecule has 0 bridgehead atoms. The monoisotopic (exact) mass is 234 g/mol. The highest BCUT2D eigenvalue weighted by atomic mass is 16.5. The molecule has 0 amide bonds. The number of hydrogen-bond acceptors (Lipinski definition) is 3. The van der Waals surface area contributed by atoms with Gasteiger partial charge in [0.1, 0.15) is 0 Å². The van der Waals surface area contributed by atoms with Crippen LogP contribution in [0.25, 0.3) is 0 Å². The maximum Gasteiger partial charge on any atom is 0.192 e. The minimum Gasteiger partial charge on any atom is -0.359 e. The lowest BCUT2D eigenvalue weighted by molar-refractivity contribution is 0.372. The predicted octanol–water partition coefficient (Wildman–Crippen LogP) is 1.10. The average molecular weight is 234 g/mol. The molecule has 0 aliphatic carbocycles. The molecule has 0 aromatic carbocycles. The number of guanidine groups is 1. The van der Waals surface area contributed by atoms with Crippen LogP contribution in [0.1, 0.15) is 31.2 Å². The van der Waals surface area contributed by atoms with Gasteiger partial charge in [-0.15, -0.1) is 6.42 Å². The number of nitrogens with zero attached hydrogens (tertiary/aromatic N) is 2. The van der Waals surface area contributed by atoms with E-state index in [1.165, 1.54) is 0 Å². The first-order chi connectivity index (χ1) is 8.17. The van der Waals surface area contributed by atoms with Gasteiger partial charge in [0.2, 0.25) is 0 Å². The van der Waals surface area contributed by atoms with Gasteiger partial charge in [0.05, 0.1) is 18.8 Å². The highest BCUT2D eigenvalue weighted by Crippen LogP contribution is 2.13. The van der Waals surface area contributed by atoms with Crippen LogP contribution in [0.15, 0.2) is 15.6 Å². The Morgan fingerprint density at radius 3 is 2.88 bits per heavy atom. The third kappa shape index (κ3) is 4.19. The molecule has 0 unspecified atom stereocenters. The summed E-state index contributed by atoms with van der Waals surface area (Å²) in [5, 5.41) is 10.0. The van der Waals surface area contributed by atoms with Gasteiger partial charge in [0.25, 0.3) is 0 Å². The number of hydrogen-bond donors (Lipinski definition) is 2. The van der Waals surface area contributed by atoms with Crippen molar-refractivity contribution in [3.8, 4) is 12.3 Å². The molecule has 0 aliphatic rings. The Hall–Kier alpha value is -1.96. The van der Waals surface area contributed by atoms with Gasteiger partial charge in [-0.1, -0.05) is 24.9 Å². The number of terminal acetylenes is 1. The molecule has 2 N–H and O–H groups in total. The Labute approximate surface area is 102 Å². The first-order valence-electron chi connectivity index (χ1n) is 5.50. The van der Waals surface area contributed by atoms with Gasteiger partial charge in [-0.05, 0) is 5.92 Å². The zero-order valence-electron chi connectivity index (χ0n) is 10.4. The van der Waals surface area contributed by atoms with Crippen molar-refractivity contribution >= 4 is 5.96 Å². The minimum absolute atomic E-state index is 0.367. The van der Waals surface area contributed by atoms with Gasteiger partial charge < -0.3 is 15.2 Å². The van der Waals surface area contributed by atoms with E-state index in [0.717, 1.165) is 11.5 Å². The van der Waals surface area contributed by atoms with Crippen molar-refractivity contribution in [1.82, 2.24) is 15.8 Å².